The molecule has 1 heterocycles. The molecule has 1 aromatic heterocycles. The largest absolute Gasteiger partial charge is 0.478 e. The third-order valence-corrected chi connectivity index (χ3v) is 3.01. The second-order valence-corrected chi connectivity index (χ2v) is 4.91. The van der Waals surface area contributed by atoms with Crippen molar-refractivity contribution in [1.82, 2.24) is 9.88 Å². The molecule has 19 heavy (non-hydrogen) atoms. The molecule has 1 N–H and O–H groups in total. The van der Waals surface area contributed by atoms with Gasteiger partial charge in [0.25, 0.3) is 0 Å². The minimum absolute atomic E-state index is 0.241. The lowest BCUT2D eigenvalue weighted by molar-refractivity contribution is 0.0696. The highest BCUT2D eigenvalue weighted by atomic mass is 16.4. The molecular weight excluding hydrogens is 242 g/mol. The summed E-state index contributed by atoms with van der Waals surface area (Å²) in [6.45, 7) is 6.82. The Bertz CT molecular complexity index is 433. The Kier molecular flexibility index (Phi) is 5.76. The first-order chi connectivity index (χ1) is 8.95. The summed E-state index contributed by atoms with van der Waals surface area (Å²) in [4.78, 5) is 19.5. The minimum Gasteiger partial charge on any atom is -0.478 e. The van der Waals surface area contributed by atoms with Crippen LogP contribution in [0, 0.1) is 6.92 Å². The van der Waals surface area contributed by atoms with Gasteiger partial charge in [0, 0.05) is 19.3 Å². The van der Waals surface area contributed by atoms with Crippen molar-refractivity contribution in [3.63, 3.8) is 0 Å². The summed E-state index contributed by atoms with van der Waals surface area (Å²) >= 11 is 0. The van der Waals surface area contributed by atoms with Gasteiger partial charge in [-0.1, -0.05) is 0 Å². The van der Waals surface area contributed by atoms with Crippen molar-refractivity contribution in [1.29, 1.82) is 0 Å². The minimum atomic E-state index is -0.933. The Balaban J connectivity index is 2.78. The van der Waals surface area contributed by atoms with E-state index in [1.165, 1.54) is 6.20 Å². The van der Waals surface area contributed by atoms with Crippen LogP contribution in [-0.2, 0) is 0 Å². The summed E-state index contributed by atoms with van der Waals surface area (Å²) in [5.74, 6) is -0.0518. The molecule has 1 aromatic rings. The van der Waals surface area contributed by atoms with Crippen molar-refractivity contribution in [2.75, 3.05) is 38.6 Å². The molecule has 1 rings (SSSR count). The van der Waals surface area contributed by atoms with Crippen LogP contribution >= 0.6 is 0 Å². The Hall–Kier alpha value is -1.62. The molecule has 5 heteroatoms. The standard InChI is InChI=1S/C14H23N3O2/c1-5-17(8-6-7-16(3)4)13-11(2)9-12(10-15-13)14(18)19/h9-10H,5-8H2,1-4H3,(H,18,19). The van der Waals surface area contributed by atoms with E-state index in [0.29, 0.717) is 0 Å². The van der Waals surface area contributed by atoms with Gasteiger partial charge in [-0.15, -0.1) is 0 Å². The predicted molar refractivity (Wildman–Crippen MR) is 77.0 cm³/mol. The Labute approximate surface area is 114 Å². The van der Waals surface area contributed by atoms with Gasteiger partial charge in [0.1, 0.15) is 5.82 Å². The van der Waals surface area contributed by atoms with Crippen molar-refractivity contribution in [3.8, 4) is 0 Å². The van der Waals surface area contributed by atoms with Crippen molar-refractivity contribution in [3.05, 3.63) is 23.4 Å². The molecule has 0 aromatic carbocycles. The van der Waals surface area contributed by atoms with Crippen LogP contribution in [-0.4, -0.2) is 54.7 Å². The Morgan fingerprint density at radius 2 is 2.05 bits per heavy atom. The number of aryl methyl sites for hydroxylation is 1. The zero-order chi connectivity index (χ0) is 14.4. The van der Waals surface area contributed by atoms with E-state index >= 15 is 0 Å². The number of carboxylic acid groups (broad SMARTS) is 1. The van der Waals surface area contributed by atoms with Gasteiger partial charge in [0.2, 0.25) is 0 Å². The lowest BCUT2D eigenvalue weighted by Crippen LogP contribution is -2.28. The van der Waals surface area contributed by atoms with Crippen LogP contribution in [0.3, 0.4) is 0 Å². The molecule has 0 saturated carbocycles. The van der Waals surface area contributed by atoms with Crippen LogP contribution in [0.25, 0.3) is 0 Å². The monoisotopic (exact) mass is 265 g/mol. The number of carboxylic acids is 1. The van der Waals surface area contributed by atoms with Crippen LogP contribution < -0.4 is 4.90 Å². The molecule has 0 aliphatic heterocycles. The number of hydrogen-bond acceptors (Lipinski definition) is 4. The fraction of sp³-hybridized carbons (Fsp3) is 0.571. The van der Waals surface area contributed by atoms with Gasteiger partial charge in [0.05, 0.1) is 5.56 Å². The first-order valence-corrected chi connectivity index (χ1v) is 6.55. The molecule has 5 nitrogen and oxygen atoms in total. The Morgan fingerprint density at radius 3 is 2.53 bits per heavy atom. The van der Waals surface area contributed by atoms with Crippen LogP contribution in [0.1, 0.15) is 29.3 Å². The van der Waals surface area contributed by atoms with E-state index < -0.39 is 5.97 Å². The molecule has 106 valence electrons. The van der Waals surface area contributed by atoms with Crippen molar-refractivity contribution in [2.45, 2.75) is 20.3 Å². The zero-order valence-electron chi connectivity index (χ0n) is 12.2. The average Bonchev–Trinajstić information content (AvgIpc) is 2.34. The van der Waals surface area contributed by atoms with E-state index in [1.807, 2.05) is 6.92 Å². The summed E-state index contributed by atoms with van der Waals surface area (Å²) in [5.41, 5.74) is 1.15. The predicted octanol–water partition coefficient (Wildman–Crippen LogP) is 1.87. The van der Waals surface area contributed by atoms with Gasteiger partial charge in [-0.2, -0.15) is 0 Å². The van der Waals surface area contributed by atoms with E-state index in [1.54, 1.807) is 6.07 Å². The summed E-state index contributed by atoms with van der Waals surface area (Å²) in [6.07, 6.45) is 2.49. The maximum atomic E-state index is 10.9. The number of anilines is 1. The average molecular weight is 265 g/mol. The molecule has 0 unspecified atom stereocenters. The summed E-state index contributed by atoms with van der Waals surface area (Å²) < 4.78 is 0. The molecule has 0 atom stereocenters. The van der Waals surface area contributed by atoms with Crippen LogP contribution in [0.5, 0.6) is 0 Å². The van der Waals surface area contributed by atoms with E-state index in [2.05, 4.69) is 35.8 Å². The SMILES string of the molecule is CCN(CCCN(C)C)c1ncc(C(=O)O)cc1C. The molecule has 0 aliphatic carbocycles. The van der Waals surface area contributed by atoms with Gasteiger partial charge in [-0.3, -0.25) is 0 Å². The number of hydrogen-bond donors (Lipinski definition) is 1. The molecule has 0 amide bonds. The van der Waals surface area contributed by atoms with Crippen molar-refractivity contribution >= 4 is 11.8 Å². The topological polar surface area (TPSA) is 56.7 Å². The number of aromatic nitrogens is 1. The Morgan fingerprint density at radius 1 is 1.37 bits per heavy atom. The number of nitrogens with zero attached hydrogens (tertiary/aromatic N) is 3. The molecule has 0 fully saturated rings. The van der Waals surface area contributed by atoms with Gasteiger partial charge in [-0.25, -0.2) is 9.78 Å². The van der Waals surface area contributed by atoms with E-state index in [0.717, 1.165) is 37.4 Å². The van der Waals surface area contributed by atoms with Crippen molar-refractivity contribution in [2.24, 2.45) is 0 Å². The van der Waals surface area contributed by atoms with E-state index in [-0.39, 0.29) is 5.56 Å². The van der Waals surface area contributed by atoms with Gasteiger partial charge >= 0.3 is 5.97 Å². The second kappa shape index (κ2) is 7.09. The molecule has 0 bridgehead atoms. The third-order valence-electron chi connectivity index (χ3n) is 3.01. The lowest BCUT2D eigenvalue weighted by atomic mass is 10.2. The fourth-order valence-corrected chi connectivity index (χ4v) is 2.01. The summed E-state index contributed by atoms with van der Waals surface area (Å²) in [7, 11) is 4.11. The van der Waals surface area contributed by atoms with Crippen LogP contribution in [0.15, 0.2) is 12.3 Å². The zero-order valence-corrected chi connectivity index (χ0v) is 12.2. The number of pyridine rings is 1. The fourth-order valence-electron chi connectivity index (χ4n) is 2.01. The molecule has 0 saturated heterocycles. The highest BCUT2D eigenvalue weighted by Crippen LogP contribution is 2.18. The normalized spacial score (nSPS) is 10.8. The van der Waals surface area contributed by atoms with Gasteiger partial charge in [0.15, 0.2) is 0 Å². The molecule has 0 aliphatic rings. The number of aromatic carboxylic acids is 1. The van der Waals surface area contributed by atoms with Gasteiger partial charge < -0.3 is 14.9 Å². The van der Waals surface area contributed by atoms with E-state index in [4.69, 9.17) is 5.11 Å². The van der Waals surface area contributed by atoms with Crippen LogP contribution in [0.2, 0.25) is 0 Å². The summed E-state index contributed by atoms with van der Waals surface area (Å²) in [5, 5.41) is 8.94. The van der Waals surface area contributed by atoms with Crippen LogP contribution in [0.4, 0.5) is 5.82 Å². The quantitative estimate of drug-likeness (QED) is 0.815. The molecular formula is C14H23N3O2. The molecule has 0 spiro atoms. The number of carbonyl (C=O) groups is 1. The maximum Gasteiger partial charge on any atom is 0.337 e. The summed E-state index contributed by atoms with van der Waals surface area (Å²) in [6, 6.07) is 1.68. The first kappa shape index (κ1) is 15.4. The lowest BCUT2D eigenvalue weighted by Gasteiger charge is -2.24. The second-order valence-electron chi connectivity index (χ2n) is 4.91. The smallest absolute Gasteiger partial charge is 0.337 e. The van der Waals surface area contributed by atoms with E-state index in [9.17, 15) is 4.79 Å². The highest BCUT2D eigenvalue weighted by Gasteiger charge is 2.12. The highest BCUT2D eigenvalue weighted by molar-refractivity contribution is 5.87. The third kappa shape index (κ3) is 4.52. The van der Waals surface area contributed by atoms with Crippen molar-refractivity contribution < 1.29 is 9.90 Å². The first-order valence-electron chi connectivity index (χ1n) is 6.55. The molecule has 0 radical (unpaired) electrons. The maximum absolute atomic E-state index is 10.9. The number of rotatable bonds is 7. The van der Waals surface area contributed by atoms with Gasteiger partial charge in [-0.05, 0) is 52.5 Å².